The number of halogens is 1. The van der Waals surface area contributed by atoms with E-state index >= 15 is 0 Å². The number of carbonyl (C=O) groups is 2. The summed E-state index contributed by atoms with van der Waals surface area (Å²) in [6.07, 6.45) is 0.518. The Balaban J connectivity index is 1.35. The van der Waals surface area contributed by atoms with Crippen molar-refractivity contribution in [3.8, 4) is 5.75 Å². The molecule has 0 radical (unpaired) electrons. The van der Waals surface area contributed by atoms with Crippen LogP contribution in [0, 0.1) is 5.82 Å². The number of amides is 2. The summed E-state index contributed by atoms with van der Waals surface area (Å²) in [5.74, 6) is -0.544. The van der Waals surface area contributed by atoms with Gasteiger partial charge < -0.3 is 4.74 Å². The largest absolute Gasteiger partial charge is 0.481 e. The Morgan fingerprint density at radius 3 is 2.34 bits per heavy atom. The van der Waals surface area contributed by atoms with E-state index in [0.29, 0.717) is 18.6 Å². The number of fused-ring (bicyclic) bond motifs is 1. The third kappa shape index (κ3) is 3.92. The number of benzene rings is 3. The van der Waals surface area contributed by atoms with Crippen molar-refractivity contribution in [1.29, 1.82) is 0 Å². The molecule has 2 N–H and O–H groups in total. The van der Waals surface area contributed by atoms with Crippen molar-refractivity contribution in [3.05, 3.63) is 78.1 Å². The Morgan fingerprint density at radius 1 is 0.966 bits per heavy atom. The van der Waals surface area contributed by atoms with Crippen molar-refractivity contribution in [2.24, 2.45) is 0 Å². The Morgan fingerprint density at radius 2 is 1.66 bits per heavy atom. The average molecular weight is 392 g/mol. The van der Waals surface area contributed by atoms with E-state index < -0.39 is 17.4 Å². The Labute approximate surface area is 167 Å². The molecule has 2 amide bonds. The number of ether oxygens (including phenoxy) is 1. The molecule has 0 saturated heterocycles. The minimum absolute atomic E-state index is 0.310. The monoisotopic (exact) mass is 392 g/mol. The lowest BCUT2D eigenvalue weighted by atomic mass is 9.95. The summed E-state index contributed by atoms with van der Waals surface area (Å²) in [5, 5.41) is 2.10. The van der Waals surface area contributed by atoms with Gasteiger partial charge in [-0.25, -0.2) is 4.39 Å². The Kier molecular flexibility index (Phi) is 4.92. The Hall–Kier alpha value is -3.41. The lowest BCUT2D eigenvalue weighted by molar-refractivity contribution is -0.133. The maximum atomic E-state index is 13.1. The second-order valence-corrected chi connectivity index (χ2v) is 7.30. The van der Waals surface area contributed by atoms with Crippen LogP contribution in [-0.2, 0) is 15.0 Å². The van der Waals surface area contributed by atoms with Gasteiger partial charge in [-0.05, 0) is 60.4 Å². The molecule has 148 valence electrons. The molecule has 3 aromatic rings. The van der Waals surface area contributed by atoms with E-state index in [9.17, 15) is 14.0 Å². The molecule has 0 heterocycles. The molecule has 0 aromatic heterocycles. The number of hydrazine groups is 1. The highest BCUT2D eigenvalue weighted by Gasteiger charge is 2.51. The molecule has 3 aromatic carbocycles. The summed E-state index contributed by atoms with van der Waals surface area (Å²) in [5.41, 5.74) is 4.95. The van der Waals surface area contributed by atoms with Crippen LogP contribution in [0.1, 0.15) is 25.3 Å². The summed E-state index contributed by atoms with van der Waals surface area (Å²) in [6.45, 7) is 1.61. The summed E-state index contributed by atoms with van der Waals surface area (Å²) in [6, 6.07) is 19.3. The van der Waals surface area contributed by atoms with Gasteiger partial charge in [-0.3, -0.25) is 20.4 Å². The van der Waals surface area contributed by atoms with Gasteiger partial charge in [0, 0.05) is 0 Å². The van der Waals surface area contributed by atoms with Gasteiger partial charge in [-0.15, -0.1) is 0 Å². The third-order valence-electron chi connectivity index (χ3n) is 5.28. The van der Waals surface area contributed by atoms with Crippen molar-refractivity contribution >= 4 is 22.6 Å². The first-order valence-electron chi connectivity index (χ1n) is 9.50. The fourth-order valence-electron chi connectivity index (χ4n) is 3.38. The van der Waals surface area contributed by atoms with Crippen LogP contribution in [0.5, 0.6) is 5.75 Å². The molecule has 4 rings (SSSR count). The van der Waals surface area contributed by atoms with Crippen LogP contribution in [0.4, 0.5) is 4.39 Å². The summed E-state index contributed by atoms with van der Waals surface area (Å²) < 4.78 is 18.8. The molecule has 6 heteroatoms. The van der Waals surface area contributed by atoms with E-state index in [1.807, 2.05) is 36.4 Å². The van der Waals surface area contributed by atoms with Crippen LogP contribution in [0.25, 0.3) is 10.8 Å². The van der Waals surface area contributed by atoms with E-state index in [-0.39, 0.29) is 11.7 Å². The zero-order valence-electron chi connectivity index (χ0n) is 15.9. The molecular weight excluding hydrogens is 371 g/mol. The van der Waals surface area contributed by atoms with Crippen LogP contribution in [-0.4, -0.2) is 17.9 Å². The van der Waals surface area contributed by atoms with Crippen LogP contribution in [0.15, 0.2) is 66.7 Å². The van der Waals surface area contributed by atoms with Crippen LogP contribution >= 0.6 is 0 Å². The fraction of sp³-hybridized carbons (Fsp3) is 0.217. The molecule has 0 aliphatic heterocycles. The highest BCUT2D eigenvalue weighted by Crippen LogP contribution is 2.48. The van der Waals surface area contributed by atoms with Crippen molar-refractivity contribution in [1.82, 2.24) is 10.9 Å². The van der Waals surface area contributed by atoms with Crippen LogP contribution < -0.4 is 15.6 Å². The maximum Gasteiger partial charge on any atom is 0.279 e. The van der Waals surface area contributed by atoms with Gasteiger partial charge >= 0.3 is 0 Å². The molecule has 1 atom stereocenters. The number of carbonyl (C=O) groups excluding carboxylic acids is 2. The molecule has 1 aliphatic carbocycles. The average Bonchev–Trinajstić information content (AvgIpc) is 3.54. The van der Waals surface area contributed by atoms with Crippen molar-refractivity contribution in [2.75, 3.05) is 0 Å². The molecule has 1 saturated carbocycles. The number of hydrogen-bond donors (Lipinski definition) is 2. The molecule has 5 nitrogen and oxygen atoms in total. The SMILES string of the molecule is CC(Oc1ccc2ccccc2c1)C(=O)NNC(=O)C1(c2ccc(F)cc2)CC1. The number of nitrogens with one attached hydrogen (secondary N) is 2. The van der Waals surface area contributed by atoms with Gasteiger partial charge in [0.05, 0.1) is 5.41 Å². The van der Waals surface area contributed by atoms with Gasteiger partial charge in [0.25, 0.3) is 5.91 Å². The maximum absolute atomic E-state index is 13.1. The van der Waals surface area contributed by atoms with Gasteiger partial charge in [0.1, 0.15) is 11.6 Å². The predicted octanol–water partition coefficient (Wildman–Crippen LogP) is 3.63. The molecule has 29 heavy (non-hydrogen) atoms. The quantitative estimate of drug-likeness (QED) is 0.652. The van der Waals surface area contributed by atoms with Gasteiger partial charge in [-0.1, -0.05) is 42.5 Å². The first-order chi connectivity index (χ1) is 14.0. The van der Waals surface area contributed by atoms with Crippen LogP contribution in [0.3, 0.4) is 0 Å². The molecular formula is C23H21FN2O3. The second-order valence-electron chi connectivity index (χ2n) is 7.30. The van der Waals surface area contributed by atoms with Crippen molar-refractivity contribution < 1.29 is 18.7 Å². The fourth-order valence-corrected chi connectivity index (χ4v) is 3.38. The lowest BCUT2D eigenvalue weighted by Crippen LogP contribution is -2.50. The first-order valence-corrected chi connectivity index (χ1v) is 9.50. The van der Waals surface area contributed by atoms with E-state index in [1.54, 1.807) is 25.1 Å². The van der Waals surface area contributed by atoms with E-state index in [0.717, 1.165) is 16.3 Å². The summed E-state index contributed by atoms with van der Waals surface area (Å²) >= 11 is 0. The standard InChI is InChI=1S/C23H21FN2O3/c1-15(29-20-11-6-16-4-2-3-5-17(16)14-20)21(27)25-26-22(28)23(12-13-23)18-7-9-19(24)10-8-18/h2-11,14-15H,12-13H2,1H3,(H,25,27)(H,26,28). The van der Waals surface area contributed by atoms with E-state index in [2.05, 4.69) is 10.9 Å². The third-order valence-corrected chi connectivity index (χ3v) is 5.28. The van der Waals surface area contributed by atoms with E-state index in [4.69, 9.17) is 4.74 Å². The van der Waals surface area contributed by atoms with Crippen molar-refractivity contribution in [2.45, 2.75) is 31.3 Å². The van der Waals surface area contributed by atoms with Crippen molar-refractivity contribution in [3.63, 3.8) is 0 Å². The summed E-state index contributed by atoms with van der Waals surface area (Å²) in [7, 11) is 0. The molecule has 0 bridgehead atoms. The first kappa shape index (κ1) is 18.9. The topological polar surface area (TPSA) is 67.4 Å². The molecule has 1 aliphatic rings. The normalized spacial score (nSPS) is 15.4. The highest BCUT2D eigenvalue weighted by molar-refractivity contribution is 5.93. The highest BCUT2D eigenvalue weighted by atomic mass is 19.1. The van der Waals surface area contributed by atoms with Gasteiger partial charge in [0.15, 0.2) is 6.10 Å². The van der Waals surface area contributed by atoms with Gasteiger partial charge in [0.2, 0.25) is 5.91 Å². The molecule has 1 unspecified atom stereocenters. The summed E-state index contributed by atoms with van der Waals surface area (Å²) in [4.78, 5) is 24.9. The smallest absolute Gasteiger partial charge is 0.279 e. The number of hydrogen-bond acceptors (Lipinski definition) is 3. The molecule has 1 fully saturated rings. The predicted molar refractivity (Wildman–Crippen MR) is 108 cm³/mol. The zero-order chi connectivity index (χ0) is 20.4. The second kappa shape index (κ2) is 7.54. The Bertz CT molecular complexity index is 1060. The van der Waals surface area contributed by atoms with E-state index in [1.165, 1.54) is 12.1 Å². The minimum Gasteiger partial charge on any atom is -0.481 e. The van der Waals surface area contributed by atoms with Gasteiger partial charge in [-0.2, -0.15) is 0 Å². The zero-order valence-corrected chi connectivity index (χ0v) is 15.9. The lowest BCUT2D eigenvalue weighted by Gasteiger charge is -2.19. The molecule has 0 spiro atoms. The number of rotatable bonds is 5. The van der Waals surface area contributed by atoms with Crippen LogP contribution in [0.2, 0.25) is 0 Å². The minimum atomic E-state index is -0.794.